The van der Waals surface area contributed by atoms with Crippen LogP contribution in [0.25, 0.3) is 0 Å². The fraction of sp³-hybridized carbons (Fsp3) is 0.143. The van der Waals surface area contributed by atoms with Crippen LogP contribution in [0.1, 0.15) is 17.2 Å². The zero-order valence-corrected chi connectivity index (χ0v) is 12.9. The van der Waals surface area contributed by atoms with Crippen LogP contribution in [0, 0.1) is 11.6 Å². The van der Waals surface area contributed by atoms with Crippen molar-refractivity contribution >= 4 is 31.9 Å². The van der Waals surface area contributed by atoms with E-state index in [4.69, 9.17) is 0 Å². The first-order chi connectivity index (χ1) is 8.97. The second-order valence-electron chi connectivity index (χ2n) is 4.13. The van der Waals surface area contributed by atoms with Crippen LogP contribution in [0.4, 0.5) is 8.78 Å². The number of rotatable bonds is 3. The molecule has 0 saturated heterocycles. The highest BCUT2D eigenvalue weighted by atomic mass is 79.9. The lowest BCUT2D eigenvalue weighted by Gasteiger charge is -2.13. The van der Waals surface area contributed by atoms with Crippen LogP contribution in [0.3, 0.4) is 0 Å². The van der Waals surface area contributed by atoms with Crippen molar-refractivity contribution in [3.05, 3.63) is 68.1 Å². The number of aliphatic hydroxyl groups excluding tert-OH is 1. The molecule has 100 valence electrons. The predicted octanol–water partition coefficient (Wildman–Crippen LogP) is 4.77. The second kappa shape index (κ2) is 6.11. The summed E-state index contributed by atoms with van der Waals surface area (Å²) in [4.78, 5) is 0. The SMILES string of the molecule is OC(Cc1cc(F)ccc1Br)c1ccc(F)c(Br)c1. The fourth-order valence-corrected chi connectivity index (χ4v) is 2.55. The maximum absolute atomic E-state index is 13.2. The molecule has 5 heteroatoms. The minimum atomic E-state index is -0.824. The van der Waals surface area contributed by atoms with Gasteiger partial charge >= 0.3 is 0 Å². The maximum Gasteiger partial charge on any atom is 0.137 e. The first-order valence-electron chi connectivity index (χ1n) is 5.54. The first-order valence-corrected chi connectivity index (χ1v) is 7.13. The van der Waals surface area contributed by atoms with Gasteiger partial charge in [-0.3, -0.25) is 0 Å². The van der Waals surface area contributed by atoms with Gasteiger partial charge in [0.05, 0.1) is 10.6 Å². The number of hydrogen-bond donors (Lipinski definition) is 1. The standard InChI is InChI=1S/C14H10Br2F2O/c15-11-3-2-10(17)5-9(11)7-14(19)8-1-4-13(18)12(16)6-8/h1-6,14,19H,7H2. The smallest absolute Gasteiger partial charge is 0.137 e. The third kappa shape index (κ3) is 3.61. The molecular formula is C14H10Br2F2O. The molecule has 1 atom stereocenters. The van der Waals surface area contributed by atoms with Gasteiger partial charge in [-0.1, -0.05) is 22.0 Å². The van der Waals surface area contributed by atoms with Crippen LogP contribution < -0.4 is 0 Å². The van der Waals surface area contributed by atoms with E-state index >= 15 is 0 Å². The zero-order chi connectivity index (χ0) is 14.0. The molecule has 0 aromatic heterocycles. The van der Waals surface area contributed by atoms with Gasteiger partial charge in [-0.25, -0.2) is 8.78 Å². The van der Waals surface area contributed by atoms with Crippen LogP contribution in [-0.4, -0.2) is 5.11 Å². The van der Waals surface area contributed by atoms with E-state index in [0.717, 1.165) is 4.47 Å². The summed E-state index contributed by atoms with van der Waals surface area (Å²) in [5.41, 5.74) is 1.23. The van der Waals surface area contributed by atoms with Crippen molar-refractivity contribution in [1.29, 1.82) is 0 Å². The molecule has 0 fully saturated rings. The Labute approximate surface area is 126 Å². The third-order valence-corrected chi connectivity index (χ3v) is 4.13. The van der Waals surface area contributed by atoms with E-state index in [1.54, 1.807) is 6.07 Å². The van der Waals surface area contributed by atoms with Gasteiger partial charge in [-0.15, -0.1) is 0 Å². The van der Waals surface area contributed by atoms with Gasteiger partial charge in [-0.05, 0) is 57.4 Å². The molecule has 0 aliphatic carbocycles. The molecule has 1 nitrogen and oxygen atoms in total. The quantitative estimate of drug-likeness (QED) is 0.799. The van der Waals surface area contributed by atoms with E-state index in [1.165, 1.54) is 30.3 Å². The molecule has 0 heterocycles. The average Bonchev–Trinajstić information content (AvgIpc) is 2.37. The maximum atomic E-state index is 13.2. The van der Waals surface area contributed by atoms with Crippen molar-refractivity contribution in [3.8, 4) is 0 Å². The van der Waals surface area contributed by atoms with Gasteiger partial charge in [-0.2, -0.15) is 0 Å². The molecule has 1 unspecified atom stereocenters. The van der Waals surface area contributed by atoms with Crippen LogP contribution in [0.15, 0.2) is 45.3 Å². The Kier molecular flexibility index (Phi) is 4.71. The van der Waals surface area contributed by atoms with E-state index in [-0.39, 0.29) is 18.1 Å². The molecule has 0 amide bonds. The molecule has 2 aromatic carbocycles. The molecule has 0 saturated carbocycles. The van der Waals surface area contributed by atoms with Crippen LogP contribution >= 0.6 is 31.9 Å². The molecule has 0 radical (unpaired) electrons. The highest BCUT2D eigenvalue weighted by Gasteiger charge is 2.13. The lowest BCUT2D eigenvalue weighted by Crippen LogP contribution is -2.03. The molecule has 0 bridgehead atoms. The Balaban J connectivity index is 2.22. The van der Waals surface area contributed by atoms with Crippen LogP contribution in [0.5, 0.6) is 0 Å². The highest BCUT2D eigenvalue weighted by Crippen LogP contribution is 2.27. The molecule has 2 rings (SSSR count). The highest BCUT2D eigenvalue weighted by molar-refractivity contribution is 9.10. The molecule has 0 aliphatic heterocycles. The van der Waals surface area contributed by atoms with Crippen LogP contribution in [0.2, 0.25) is 0 Å². The Morgan fingerprint density at radius 2 is 1.74 bits per heavy atom. The molecule has 1 N–H and O–H groups in total. The number of hydrogen-bond acceptors (Lipinski definition) is 1. The minimum absolute atomic E-state index is 0.246. The van der Waals surface area contributed by atoms with Crippen molar-refractivity contribution in [2.45, 2.75) is 12.5 Å². The van der Waals surface area contributed by atoms with E-state index in [1.807, 2.05) is 0 Å². The topological polar surface area (TPSA) is 20.2 Å². The van der Waals surface area contributed by atoms with Gasteiger partial charge in [0.25, 0.3) is 0 Å². The molecule has 2 aromatic rings. The molecular weight excluding hydrogens is 382 g/mol. The number of aliphatic hydroxyl groups is 1. The first kappa shape index (κ1) is 14.6. The monoisotopic (exact) mass is 390 g/mol. The Morgan fingerprint density at radius 1 is 1.00 bits per heavy atom. The lowest BCUT2D eigenvalue weighted by molar-refractivity contribution is 0.178. The normalized spacial score (nSPS) is 12.5. The zero-order valence-electron chi connectivity index (χ0n) is 9.71. The minimum Gasteiger partial charge on any atom is -0.388 e. The molecule has 0 spiro atoms. The van der Waals surface area contributed by atoms with Crippen molar-refractivity contribution in [3.63, 3.8) is 0 Å². The summed E-state index contributed by atoms with van der Waals surface area (Å²) in [6.45, 7) is 0. The summed E-state index contributed by atoms with van der Waals surface area (Å²) >= 11 is 6.38. The second-order valence-corrected chi connectivity index (χ2v) is 5.84. The largest absolute Gasteiger partial charge is 0.388 e. The van der Waals surface area contributed by atoms with Crippen molar-refractivity contribution in [2.24, 2.45) is 0 Å². The Hall–Kier alpha value is -0.780. The fourth-order valence-electron chi connectivity index (χ4n) is 1.75. The Bertz CT molecular complexity index is 602. The molecule has 19 heavy (non-hydrogen) atoms. The van der Waals surface area contributed by atoms with E-state index in [0.29, 0.717) is 15.6 Å². The van der Waals surface area contributed by atoms with E-state index < -0.39 is 6.10 Å². The summed E-state index contributed by atoms with van der Waals surface area (Å²) in [7, 11) is 0. The molecule has 0 aliphatic rings. The van der Waals surface area contributed by atoms with Crippen molar-refractivity contribution in [1.82, 2.24) is 0 Å². The average molecular weight is 392 g/mol. The van der Waals surface area contributed by atoms with Gasteiger partial charge < -0.3 is 5.11 Å². The number of benzene rings is 2. The van der Waals surface area contributed by atoms with Gasteiger partial charge in [0.15, 0.2) is 0 Å². The summed E-state index contributed by atoms with van der Waals surface area (Å²) in [6, 6.07) is 8.62. The van der Waals surface area contributed by atoms with Gasteiger partial charge in [0.1, 0.15) is 11.6 Å². The van der Waals surface area contributed by atoms with Crippen molar-refractivity contribution in [2.75, 3.05) is 0 Å². The van der Waals surface area contributed by atoms with Gasteiger partial charge in [0.2, 0.25) is 0 Å². The summed E-state index contributed by atoms with van der Waals surface area (Å²) in [6.07, 6.45) is -0.578. The summed E-state index contributed by atoms with van der Waals surface area (Å²) in [5, 5.41) is 10.1. The Morgan fingerprint density at radius 3 is 2.42 bits per heavy atom. The van der Waals surface area contributed by atoms with E-state index in [2.05, 4.69) is 31.9 Å². The third-order valence-electron chi connectivity index (χ3n) is 2.75. The van der Waals surface area contributed by atoms with Crippen LogP contribution in [-0.2, 0) is 6.42 Å². The lowest BCUT2D eigenvalue weighted by atomic mass is 10.0. The predicted molar refractivity (Wildman–Crippen MR) is 76.9 cm³/mol. The summed E-state index contributed by atoms with van der Waals surface area (Å²) < 4.78 is 27.3. The summed E-state index contributed by atoms with van der Waals surface area (Å²) in [5.74, 6) is -0.742. The number of halogens is 4. The van der Waals surface area contributed by atoms with E-state index in [9.17, 15) is 13.9 Å². The van der Waals surface area contributed by atoms with Gasteiger partial charge in [0, 0.05) is 10.9 Å². The van der Waals surface area contributed by atoms with Crippen molar-refractivity contribution < 1.29 is 13.9 Å².